The minimum absolute atomic E-state index is 0.153. The highest BCUT2D eigenvalue weighted by Gasteiger charge is 2.06. The van der Waals surface area contributed by atoms with Crippen LogP contribution in [-0.2, 0) is 17.8 Å². The average Bonchev–Trinajstić information content (AvgIpc) is 2.91. The Morgan fingerprint density at radius 3 is 2.84 bits per heavy atom. The molecule has 0 saturated carbocycles. The van der Waals surface area contributed by atoms with Gasteiger partial charge in [0.2, 0.25) is 0 Å². The predicted octanol–water partition coefficient (Wildman–Crippen LogP) is 2.22. The minimum atomic E-state index is -0.393. The Bertz CT molecular complexity index is 524. The second-order valence-corrected chi connectivity index (χ2v) is 5.14. The molecule has 2 rings (SSSR count). The van der Waals surface area contributed by atoms with Crippen molar-refractivity contribution in [1.82, 2.24) is 4.98 Å². The Balaban J connectivity index is 1.82. The number of hydrogen-bond acceptors (Lipinski definition) is 5. The Morgan fingerprint density at radius 2 is 2.11 bits per heavy atom. The number of thiazole rings is 1. The monoisotopic (exact) mass is 277 g/mol. The van der Waals surface area contributed by atoms with Crippen molar-refractivity contribution in [2.24, 2.45) is 0 Å². The molecular formula is C14H15NO3S. The highest BCUT2D eigenvalue weighted by molar-refractivity contribution is 7.13. The van der Waals surface area contributed by atoms with Gasteiger partial charge in [0, 0.05) is 17.5 Å². The van der Waals surface area contributed by atoms with Crippen LogP contribution in [0.3, 0.4) is 0 Å². The van der Waals surface area contributed by atoms with Gasteiger partial charge in [-0.25, -0.2) is 4.98 Å². The Hall–Kier alpha value is -1.72. The van der Waals surface area contributed by atoms with E-state index in [4.69, 9.17) is 9.84 Å². The highest BCUT2D eigenvalue weighted by atomic mass is 32.1. The van der Waals surface area contributed by atoms with Gasteiger partial charge in [-0.05, 0) is 12.0 Å². The summed E-state index contributed by atoms with van der Waals surface area (Å²) in [6.07, 6.45) is 2.66. The zero-order valence-corrected chi connectivity index (χ0v) is 11.2. The summed E-state index contributed by atoms with van der Waals surface area (Å²) in [5.74, 6) is -0.153. The SMILES string of the molecule is O=C(CO)CCc1cnc(OCc2ccccc2)s1. The third-order valence-corrected chi connectivity index (χ3v) is 3.53. The highest BCUT2D eigenvalue weighted by Crippen LogP contribution is 2.22. The van der Waals surface area contributed by atoms with Crippen LogP contribution in [-0.4, -0.2) is 22.5 Å². The first kappa shape index (κ1) is 13.7. The first-order chi connectivity index (χ1) is 9.28. The molecule has 1 N–H and O–H groups in total. The fourth-order valence-corrected chi connectivity index (χ4v) is 2.29. The molecule has 0 radical (unpaired) electrons. The molecule has 100 valence electrons. The number of rotatable bonds is 7. The van der Waals surface area contributed by atoms with Crippen LogP contribution in [0.15, 0.2) is 36.5 Å². The Morgan fingerprint density at radius 1 is 1.32 bits per heavy atom. The topological polar surface area (TPSA) is 59.4 Å². The number of ether oxygens (including phenoxy) is 1. The number of carbonyl (C=O) groups excluding carboxylic acids is 1. The van der Waals surface area contributed by atoms with E-state index in [0.717, 1.165) is 10.4 Å². The van der Waals surface area contributed by atoms with Crippen LogP contribution in [0, 0.1) is 0 Å². The number of aromatic nitrogens is 1. The van der Waals surface area contributed by atoms with Crippen LogP contribution in [0.4, 0.5) is 0 Å². The van der Waals surface area contributed by atoms with Crippen LogP contribution < -0.4 is 4.74 Å². The van der Waals surface area contributed by atoms with Crippen LogP contribution in [0.5, 0.6) is 5.19 Å². The number of aliphatic hydroxyl groups is 1. The van der Waals surface area contributed by atoms with Crippen molar-refractivity contribution in [2.75, 3.05) is 6.61 Å². The van der Waals surface area contributed by atoms with Gasteiger partial charge < -0.3 is 9.84 Å². The maximum Gasteiger partial charge on any atom is 0.273 e. The van der Waals surface area contributed by atoms with Crippen molar-refractivity contribution in [3.8, 4) is 5.19 Å². The van der Waals surface area contributed by atoms with Crippen LogP contribution >= 0.6 is 11.3 Å². The van der Waals surface area contributed by atoms with Gasteiger partial charge in [-0.15, -0.1) is 0 Å². The summed E-state index contributed by atoms with van der Waals surface area (Å²) in [6, 6.07) is 9.88. The summed E-state index contributed by atoms with van der Waals surface area (Å²) in [7, 11) is 0. The van der Waals surface area contributed by atoms with E-state index in [1.54, 1.807) is 6.20 Å². The van der Waals surface area contributed by atoms with Crippen molar-refractivity contribution < 1.29 is 14.6 Å². The number of ketones is 1. The lowest BCUT2D eigenvalue weighted by atomic mass is 10.2. The van der Waals surface area contributed by atoms with E-state index in [1.807, 2.05) is 30.3 Å². The summed E-state index contributed by atoms with van der Waals surface area (Å²) < 4.78 is 5.58. The van der Waals surface area contributed by atoms with Gasteiger partial charge >= 0.3 is 0 Å². The lowest BCUT2D eigenvalue weighted by molar-refractivity contribution is -0.121. The molecule has 1 heterocycles. The third-order valence-electron chi connectivity index (χ3n) is 2.56. The van der Waals surface area contributed by atoms with Crippen molar-refractivity contribution in [2.45, 2.75) is 19.4 Å². The normalized spacial score (nSPS) is 10.4. The number of benzene rings is 1. The summed E-state index contributed by atoms with van der Waals surface area (Å²) in [6.45, 7) is 0.0968. The van der Waals surface area contributed by atoms with Gasteiger partial charge in [0.15, 0.2) is 5.78 Å². The van der Waals surface area contributed by atoms with Crippen LogP contribution in [0.1, 0.15) is 16.9 Å². The zero-order chi connectivity index (χ0) is 13.5. The number of aryl methyl sites for hydroxylation is 1. The molecular weight excluding hydrogens is 262 g/mol. The number of hydrogen-bond donors (Lipinski definition) is 1. The van der Waals surface area contributed by atoms with Crippen molar-refractivity contribution >= 4 is 17.1 Å². The fraction of sp³-hybridized carbons (Fsp3) is 0.286. The molecule has 0 atom stereocenters. The van der Waals surface area contributed by atoms with Gasteiger partial charge in [0.25, 0.3) is 5.19 Å². The van der Waals surface area contributed by atoms with Gasteiger partial charge in [-0.2, -0.15) is 0 Å². The van der Waals surface area contributed by atoms with Crippen molar-refractivity contribution in [3.05, 3.63) is 47.0 Å². The lowest BCUT2D eigenvalue weighted by Gasteiger charge is -2.01. The largest absolute Gasteiger partial charge is 0.465 e. The molecule has 4 nitrogen and oxygen atoms in total. The average molecular weight is 277 g/mol. The first-order valence-electron chi connectivity index (χ1n) is 6.02. The maximum absolute atomic E-state index is 11.0. The standard InChI is InChI=1S/C14H15NO3S/c16-9-12(17)6-7-13-8-15-14(19-13)18-10-11-4-2-1-3-5-11/h1-5,8,16H,6-7,9-10H2. The van der Waals surface area contributed by atoms with Gasteiger partial charge in [0.1, 0.15) is 13.2 Å². The Labute approximate surface area is 115 Å². The number of carbonyl (C=O) groups is 1. The second-order valence-electron chi connectivity index (χ2n) is 4.06. The lowest BCUT2D eigenvalue weighted by Crippen LogP contribution is -2.03. The van der Waals surface area contributed by atoms with Gasteiger partial charge in [-0.3, -0.25) is 4.79 Å². The summed E-state index contributed by atoms with van der Waals surface area (Å²) >= 11 is 1.44. The second kappa shape index (κ2) is 7.01. The molecule has 0 aliphatic rings. The molecule has 0 spiro atoms. The van der Waals surface area contributed by atoms with Gasteiger partial charge in [-0.1, -0.05) is 41.7 Å². The van der Waals surface area contributed by atoms with E-state index < -0.39 is 6.61 Å². The maximum atomic E-state index is 11.0. The van der Waals surface area contributed by atoms with Crippen LogP contribution in [0.2, 0.25) is 0 Å². The zero-order valence-electron chi connectivity index (χ0n) is 10.4. The van der Waals surface area contributed by atoms with E-state index in [2.05, 4.69) is 4.98 Å². The quantitative estimate of drug-likeness (QED) is 0.843. The molecule has 1 aromatic carbocycles. The first-order valence-corrected chi connectivity index (χ1v) is 6.83. The molecule has 2 aromatic rings. The number of aliphatic hydroxyl groups excluding tert-OH is 1. The van der Waals surface area contributed by atoms with E-state index in [0.29, 0.717) is 24.6 Å². The van der Waals surface area contributed by atoms with E-state index in [-0.39, 0.29) is 5.78 Å². The van der Waals surface area contributed by atoms with Crippen molar-refractivity contribution in [3.63, 3.8) is 0 Å². The molecule has 1 aromatic heterocycles. The molecule has 5 heteroatoms. The smallest absolute Gasteiger partial charge is 0.273 e. The molecule has 0 fully saturated rings. The number of nitrogens with zero attached hydrogens (tertiary/aromatic N) is 1. The molecule has 0 amide bonds. The third kappa shape index (κ3) is 4.46. The number of Topliss-reactive ketones (excluding diaryl/α,β-unsaturated/α-hetero) is 1. The molecule has 0 aliphatic carbocycles. The summed E-state index contributed by atoms with van der Waals surface area (Å²) in [5, 5.41) is 9.25. The Kier molecular flexibility index (Phi) is 5.06. The molecule has 19 heavy (non-hydrogen) atoms. The van der Waals surface area contributed by atoms with E-state index >= 15 is 0 Å². The van der Waals surface area contributed by atoms with Crippen LogP contribution in [0.25, 0.3) is 0 Å². The van der Waals surface area contributed by atoms with Gasteiger partial charge in [0.05, 0.1) is 0 Å². The van der Waals surface area contributed by atoms with E-state index in [9.17, 15) is 4.79 Å². The van der Waals surface area contributed by atoms with E-state index in [1.165, 1.54) is 11.3 Å². The molecule has 0 aliphatic heterocycles. The molecule has 0 unspecified atom stereocenters. The molecule has 0 bridgehead atoms. The van der Waals surface area contributed by atoms with Crippen molar-refractivity contribution in [1.29, 1.82) is 0 Å². The molecule has 0 saturated heterocycles. The summed E-state index contributed by atoms with van der Waals surface area (Å²) in [4.78, 5) is 16.2. The predicted molar refractivity (Wildman–Crippen MR) is 73.3 cm³/mol. The minimum Gasteiger partial charge on any atom is -0.465 e. The summed E-state index contributed by atoms with van der Waals surface area (Å²) in [5.41, 5.74) is 1.09. The fourth-order valence-electron chi connectivity index (χ4n) is 1.53.